The van der Waals surface area contributed by atoms with E-state index < -0.39 is 0 Å². The Morgan fingerprint density at radius 2 is 1.63 bits per heavy atom. The van der Waals surface area contributed by atoms with Crippen LogP contribution in [0.4, 0.5) is 0 Å². The molecule has 3 nitrogen and oxygen atoms in total. The van der Waals surface area contributed by atoms with E-state index in [1.165, 1.54) is 0 Å². The maximum atomic E-state index is 11.3. The summed E-state index contributed by atoms with van der Waals surface area (Å²) in [7, 11) is 0. The predicted molar refractivity (Wildman–Crippen MR) is 75.2 cm³/mol. The van der Waals surface area contributed by atoms with Crippen LogP contribution in [0, 0.1) is 0 Å². The number of benzene rings is 2. The molecule has 1 unspecified atom stereocenters. The van der Waals surface area contributed by atoms with Crippen molar-refractivity contribution in [2.24, 2.45) is 5.73 Å². The number of hydrogen-bond acceptors (Lipinski definition) is 2. The standard InChI is InChI=1S/C16H17NO2/c1-2-15(16(17)18)12-8-10-14(11-9-12)19-13-6-4-3-5-7-13/h3-11,15H,2H2,1H3,(H2,17,18). The van der Waals surface area contributed by atoms with Gasteiger partial charge in [-0.3, -0.25) is 4.79 Å². The molecule has 0 aliphatic rings. The van der Waals surface area contributed by atoms with Gasteiger partial charge in [-0.05, 0) is 36.2 Å². The van der Waals surface area contributed by atoms with Crippen LogP contribution in [0.25, 0.3) is 0 Å². The van der Waals surface area contributed by atoms with Crippen LogP contribution >= 0.6 is 0 Å². The minimum Gasteiger partial charge on any atom is -0.457 e. The fraction of sp³-hybridized carbons (Fsp3) is 0.188. The third-order valence-corrected chi connectivity index (χ3v) is 3.01. The molecule has 0 heterocycles. The molecule has 19 heavy (non-hydrogen) atoms. The lowest BCUT2D eigenvalue weighted by Gasteiger charge is -2.12. The van der Waals surface area contributed by atoms with Crippen LogP contribution in [-0.2, 0) is 4.79 Å². The summed E-state index contributed by atoms with van der Waals surface area (Å²) in [5, 5.41) is 0. The van der Waals surface area contributed by atoms with E-state index in [1.54, 1.807) is 0 Å². The molecule has 2 aromatic carbocycles. The van der Waals surface area contributed by atoms with Crippen molar-refractivity contribution in [3.8, 4) is 11.5 Å². The molecular weight excluding hydrogens is 238 g/mol. The van der Waals surface area contributed by atoms with Gasteiger partial charge in [0.1, 0.15) is 11.5 Å². The summed E-state index contributed by atoms with van der Waals surface area (Å²) in [6.07, 6.45) is 0.703. The van der Waals surface area contributed by atoms with Crippen LogP contribution in [0.15, 0.2) is 54.6 Å². The van der Waals surface area contributed by atoms with Crippen molar-refractivity contribution in [1.29, 1.82) is 0 Å². The van der Waals surface area contributed by atoms with Crippen molar-refractivity contribution >= 4 is 5.91 Å². The minimum absolute atomic E-state index is 0.231. The van der Waals surface area contributed by atoms with Gasteiger partial charge >= 0.3 is 0 Å². The van der Waals surface area contributed by atoms with E-state index in [2.05, 4.69) is 0 Å². The summed E-state index contributed by atoms with van der Waals surface area (Å²) in [4.78, 5) is 11.3. The summed E-state index contributed by atoms with van der Waals surface area (Å²) < 4.78 is 5.69. The molecule has 0 aliphatic heterocycles. The average molecular weight is 255 g/mol. The van der Waals surface area contributed by atoms with Gasteiger partial charge in [0.15, 0.2) is 0 Å². The van der Waals surface area contributed by atoms with Crippen molar-refractivity contribution < 1.29 is 9.53 Å². The van der Waals surface area contributed by atoms with Gasteiger partial charge in [0.25, 0.3) is 0 Å². The largest absolute Gasteiger partial charge is 0.457 e. The van der Waals surface area contributed by atoms with E-state index in [-0.39, 0.29) is 11.8 Å². The van der Waals surface area contributed by atoms with Crippen LogP contribution in [0.1, 0.15) is 24.8 Å². The number of para-hydroxylation sites is 1. The van der Waals surface area contributed by atoms with Gasteiger partial charge in [-0.1, -0.05) is 37.3 Å². The number of carbonyl (C=O) groups is 1. The van der Waals surface area contributed by atoms with Crippen LogP contribution in [-0.4, -0.2) is 5.91 Å². The average Bonchev–Trinajstić information content (AvgIpc) is 2.42. The van der Waals surface area contributed by atoms with E-state index in [9.17, 15) is 4.79 Å². The van der Waals surface area contributed by atoms with Gasteiger partial charge in [0.05, 0.1) is 5.92 Å². The van der Waals surface area contributed by atoms with Crippen LogP contribution in [0.3, 0.4) is 0 Å². The fourth-order valence-corrected chi connectivity index (χ4v) is 1.99. The molecule has 0 aliphatic carbocycles. The first-order valence-electron chi connectivity index (χ1n) is 6.33. The lowest BCUT2D eigenvalue weighted by Crippen LogP contribution is -2.20. The van der Waals surface area contributed by atoms with Gasteiger partial charge in [-0.15, -0.1) is 0 Å². The first kappa shape index (κ1) is 13.1. The molecule has 0 aromatic heterocycles. The Morgan fingerprint density at radius 3 is 2.16 bits per heavy atom. The van der Waals surface area contributed by atoms with E-state index in [0.29, 0.717) is 6.42 Å². The third-order valence-electron chi connectivity index (χ3n) is 3.01. The molecule has 0 radical (unpaired) electrons. The maximum absolute atomic E-state index is 11.3. The maximum Gasteiger partial charge on any atom is 0.224 e. The number of hydrogen-bond donors (Lipinski definition) is 1. The zero-order chi connectivity index (χ0) is 13.7. The van der Waals surface area contributed by atoms with Gasteiger partial charge in [0.2, 0.25) is 5.91 Å². The number of amides is 1. The zero-order valence-corrected chi connectivity index (χ0v) is 10.9. The Hall–Kier alpha value is -2.29. The highest BCUT2D eigenvalue weighted by Crippen LogP contribution is 2.25. The Bertz CT molecular complexity index is 534. The first-order valence-corrected chi connectivity index (χ1v) is 6.33. The molecule has 0 saturated carbocycles. The Balaban J connectivity index is 2.12. The Morgan fingerprint density at radius 1 is 1.05 bits per heavy atom. The highest BCUT2D eigenvalue weighted by Gasteiger charge is 2.15. The quantitative estimate of drug-likeness (QED) is 0.889. The van der Waals surface area contributed by atoms with Gasteiger partial charge < -0.3 is 10.5 Å². The minimum atomic E-state index is -0.292. The van der Waals surface area contributed by atoms with Gasteiger partial charge in [-0.2, -0.15) is 0 Å². The summed E-state index contributed by atoms with van der Waals surface area (Å²) in [6, 6.07) is 17.1. The van der Waals surface area contributed by atoms with Crippen LogP contribution < -0.4 is 10.5 Å². The fourth-order valence-electron chi connectivity index (χ4n) is 1.99. The van der Waals surface area contributed by atoms with E-state index in [0.717, 1.165) is 17.1 Å². The second kappa shape index (κ2) is 6.05. The van der Waals surface area contributed by atoms with E-state index in [4.69, 9.17) is 10.5 Å². The lowest BCUT2D eigenvalue weighted by molar-refractivity contribution is -0.119. The molecule has 0 spiro atoms. The van der Waals surface area contributed by atoms with Crippen LogP contribution in [0.5, 0.6) is 11.5 Å². The molecule has 2 rings (SSSR count). The van der Waals surface area contributed by atoms with Crippen molar-refractivity contribution in [3.05, 3.63) is 60.2 Å². The van der Waals surface area contributed by atoms with Gasteiger partial charge in [-0.25, -0.2) is 0 Å². The number of rotatable bonds is 5. The van der Waals surface area contributed by atoms with Gasteiger partial charge in [0, 0.05) is 0 Å². The molecule has 98 valence electrons. The van der Waals surface area contributed by atoms with Crippen molar-refractivity contribution in [3.63, 3.8) is 0 Å². The SMILES string of the molecule is CCC(C(N)=O)c1ccc(Oc2ccccc2)cc1. The number of carbonyl (C=O) groups excluding carboxylic acids is 1. The van der Waals surface area contributed by atoms with Crippen molar-refractivity contribution in [2.45, 2.75) is 19.3 Å². The second-order valence-corrected chi connectivity index (χ2v) is 4.35. The highest BCUT2D eigenvalue weighted by atomic mass is 16.5. The molecule has 0 bridgehead atoms. The molecule has 2 N–H and O–H groups in total. The summed E-state index contributed by atoms with van der Waals surface area (Å²) in [5.41, 5.74) is 6.30. The topological polar surface area (TPSA) is 52.3 Å². The van der Waals surface area contributed by atoms with Crippen molar-refractivity contribution in [1.82, 2.24) is 0 Å². The third kappa shape index (κ3) is 3.35. The van der Waals surface area contributed by atoms with Crippen molar-refractivity contribution in [2.75, 3.05) is 0 Å². The zero-order valence-electron chi connectivity index (χ0n) is 10.9. The second-order valence-electron chi connectivity index (χ2n) is 4.35. The Kier molecular flexibility index (Phi) is 4.18. The number of nitrogens with two attached hydrogens (primary N) is 1. The summed E-state index contributed by atoms with van der Waals surface area (Å²) in [5.74, 6) is 1.01. The lowest BCUT2D eigenvalue weighted by atomic mass is 9.96. The van der Waals surface area contributed by atoms with Crippen LogP contribution in [0.2, 0.25) is 0 Å². The molecule has 1 atom stereocenters. The summed E-state index contributed by atoms with van der Waals surface area (Å²) >= 11 is 0. The molecule has 3 heteroatoms. The molecule has 0 saturated heterocycles. The summed E-state index contributed by atoms with van der Waals surface area (Å²) in [6.45, 7) is 1.95. The molecule has 1 amide bonds. The number of primary amides is 1. The monoisotopic (exact) mass is 255 g/mol. The molecule has 2 aromatic rings. The smallest absolute Gasteiger partial charge is 0.224 e. The highest BCUT2D eigenvalue weighted by molar-refractivity contribution is 5.81. The normalized spacial score (nSPS) is 11.8. The predicted octanol–water partition coefficient (Wildman–Crippen LogP) is 3.46. The van der Waals surface area contributed by atoms with E-state index >= 15 is 0 Å². The Labute approximate surface area is 113 Å². The van der Waals surface area contributed by atoms with E-state index in [1.807, 2.05) is 61.5 Å². The molecular formula is C16H17NO2. The number of ether oxygens (including phenoxy) is 1. The molecule has 0 fully saturated rings. The first-order chi connectivity index (χ1) is 9.20.